The van der Waals surface area contributed by atoms with Gasteiger partial charge in [0.2, 0.25) is 0 Å². The van der Waals surface area contributed by atoms with Crippen LogP contribution in [-0.4, -0.2) is 52.0 Å². The molecule has 0 atom stereocenters. The summed E-state index contributed by atoms with van der Waals surface area (Å²) in [7, 11) is 6.25. The maximum absolute atomic E-state index is 12.6. The van der Waals surface area contributed by atoms with E-state index in [1.54, 1.807) is 31.2 Å². The second-order valence-electron chi connectivity index (χ2n) is 5.79. The van der Waals surface area contributed by atoms with Gasteiger partial charge < -0.3 is 10.1 Å². The van der Waals surface area contributed by atoms with Crippen LogP contribution in [0.4, 0.5) is 11.4 Å². The van der Waals surface area contributed by atoms with E-state index in [4.69, 9.17) is 21.2 Å². The highest BCUT2D eigenvalue weighted by Gasteiger charge is 2.20. The minimum atomic E-state index is -0.379. The highest BCUT2D eigenvalue weighted by molar-refractivity contribution is 6.29. The van der Waals surface area contributed by atoms with Crippen LogP contribution >= 0.6 is 11.6 Å². The van der Waals surface area contributed by atoms with Gasteiger partial charge in [0.1, 0.15) is 11.5 Å². The van der Waals surface area contributed by atoms with Gasteiger partial charge in [-0.25, -0.2) is 15.0 Å². The number of aromatic nitrogens is 4. The van der Waals surface area contributed by atoms with Gasteiger partial charge in [0, 0.05) is 20.3 Å². The number of hydrogen-bond acceptors (Lipinski definition) is 7. The molecule has 0 radical (unpaired) electrons. The summed E-state index contributed by atoms with van der Waals surface area (Å²) in [6.07, 6.45) is 2.99. The van der Waals surface area contributed by atoms with Crippen molar-refractivity contribution in [1.29, 1.82) is 0 Å². The molecule has 0 saturated heterocycles. The quantitative estimate of drug-likeness (QED) is 0.500. The van der Waals surface area contributed by atoms with Crippen molar-refractivity contribution in [3.63, 3.8) is 0 Å². The summed E-state index contributed by atoms with van der Waals surface area (Å²) in [5.41, 5.74) is 2.06. The number of hydroxylamine groups is 2. The van der Waals surface area contributed by atoms with E-state index in [9.17, 15) is 4.79 Å². The van der Waals surface area contributed by atoms with Crippen LogP contribution in [-0.2, 0) is 11.9 Å². The Hall–Kier alpha value is -3.17. The van der Waals surface area contributed by atoms with E-state index in [-0.39, 0.29) is 16.6 Å². The van der Waals surface area contributed by atoms with E-state index >= 15 is 0 Å². The lowest BCUT2D eigenvalue weighted by Gasteiger charge is -2.18. The minimum Gasteiger partial charge on any atom is -0.494 e. The second kappa shape index (κ2) is 8.24. The van der Waals surface area contributed by atoms with Gasteiger partial charge in [0.15, 0.2) is 11.6 Å². The zero-order valence-electron chi connectivity index (χ0n) is 15.8. The Morgan fingerprint density at radius 3 is 2.68 bits per heavy atom. The number of nitrogens with one attached hydrogen (secondary N) is 1. The minimum absolute atomic E-state index is 0.237. The molecule has 3 rings (SSSR count). The first-order chi connectivity index (χ1) is 13.4. The van der Waals surface area contributed by atoms with Crippen molar-refractivity contribution in [3.8, 4) is 17.1 Å². The summed E-state index contributed by atoms with van der Waals surface area (Å²) in [5, 5.41) is 8.85. The molecule has 0 aliphatic heterocycles. The fourth-order valence-corrected chi connectivity index (χ4v) is 2.75. The number of carbonyl (C=O) groups excluding carboxylic acids is 1. The Morgan fingerprint density at radius 1 is 1.25 bits per heavy atom. The van der Waals surface area contributed by atoms with Crippen LogP contribution < -0.4 is 10.1 Å². The molecule has 0 spiro atoms. The van der Waals surface area contributed by atoms with Gasteiger partial charge in [-0.2, -0.15) is 5.10 Å². The molecule has 0 saturated carbocycles. The highest BCUT2D eigenvalue weighted by Crippen LogP contribution is 2.37. The lowest BCUT2D eigenvalue weighted by Crippen LogP contribution is -2.26. The molecule has 2 aromatic heterocycles. The van der Waals surface area contributed by atoms with Crippen molar-refractivity contribution in [2.75, 3.05) is 26.6 Å². The van der Waals surface area contributed by atoms with Gasteiger partial charge in [-0.1, -0.05) is 17.7 Å². The van der Waals surface area contributed by atoms with Crippen LogP contribution in [0.15, 0.2) is 36.8 Å². The fraction of sp³-hybridized carbons (Fsp3) is 0.222. The van der Waals surface area contributed by atoms with Crippen molar-refractivity contribution < 1.29 is 14.4 Å². The number of nitrogens with zero attached hydrogens (tertiary/aromatic N) is 5. The van der Waals surface area contributed by atoms with Crippen molar-refractivity contribution in [2.45, 2.75) is 0 Å². The summed E-state index contributed by atoms with van der Waals surface area (Å²) in [6.45, 7) is 0. The Kier molecular flexibility index (Phi) is 5.76. The first-order valence-corrected chi connectivity index (χ1v) is 8.60. The van der Waals surface area contributed by atoms with Crippen molar-refractivity contribution in [2.24, 2.45) is 7.05 Å². The van der Waals surface area contributed by atoms with Crippen molar-refractivity contribution >= 4 is 28.9 Å². The molecule has 0 aliphatic rings. The van der Waals surface area contributed by atoms with E-state index < -0.39 is 0 Å². The molecule has 1 aromatic carbocycles. The Balaban J connectivity index is 2.05. The summed E-state index contributed by atoms with van der Waals surface area (Å²) >= 11 is 6.04. The highest BCUT2D eigenvalue weighted by atomic mass is 35.5. The van der Waals surface area contributed by atoms with Crippen molar-refractivity contribution in [1.82, 2.24) is 24.8 Å². The average Bonchev–Trinajstić information content (AvgIpc) is 3.13. The molecular formula is C18H19ClN6O3. The molecule has 3 aromatic rings. The molecular weight excluding hydrogens is 384 g/mol. The van der Waals surface area contributed by atoms with Crippen molar-refractivity contribution in [3.05, 3.63) is 47.5 Å². The number of benzene rings is 1. The predicted octanol–water partition coefficient (Wildman–Crippen LogP) is 2.92. The third-order valence-corrected chi connectivity index (χ3v) is 4.20. The van der Waals surface area contributed by atoms with Gasteiger partial charge in [-0.3, -0.25) is 14.3 Å². The molecule has 0 fully saturated rings. The molecule has 1 N–H and O–H groups in total. The van der Waals surface area contributed by atoms with Crippen LogP contribution in [0.3, 0.4) is 0 Å². The monoisotopic (exact) mass is 402 g/mol. The number of methoxy groups -OCH3 is 1. The van der Waals surface area contributed by atoms with E-state index in [1.807, 2.05) is 18.2 Å². The third kappa shape index (κ3) is 3.90. The molecule has 0 unspecified atom stereocenters. The molecule has 28 heavy (non-hydrogen) atoms. The van der Waals surface area contributed by atoms with Crippen LogP contribution in [0.2, 0.25) is 5.15 Å². The lowest BCUT2D eigenvalue weighted by atomic mass is 10.1. The number of halogens is 1. The van der Waals surface area contributed by atoms with Gasteiger partial charge in [0.25, 0.3) is 5.91 Å². The number of amides is 1. The number of para-hydroxylation sites is 1. The Bertz CT molecular complexity index is 1010. The van der Waals surface area contributed by atoms with Crippen LogP contribution in [0, 0.1) is 0 Å². The second-order valence-corrected chi connectivity index (χ2v) is 6.18. The number of carbonyl (C=O) groups is 1. The topological polar surface area (TPSA) is 94.4 Å². The van der Waals surface area contributed by atoms with E-state index in [2.05, 4.69) is 20.4 Å². The van der Waals surface area contributed by atoms with E-state index in [0.29, 0.717) is 28.5 Å². The summed E-state index contributed by atoms with van der Waals surface area (Å²) in [5.74, 6) is 0.669. The van der Waals surface area contributed by atoms with Gasteiger partial charge >= 0.3 is 0 Å². The van der Waals surface area contributed by atoms with Crippen LogP contribution in [0.1, 0.15) is 10.4 Å². The molecule has 0 aliphatic carbocycles. The fourth-order valence-electron chi connectivity index (χ4n) is 2.60. The number of hydrogen-bond donors (Lipinski definition) is 1. The maximum atomic E-state index is 12.6. The zero-order chi connectivity index (χ0) is 20.3. The summed E-state index contributed by atoms with van der Waals surface area (Å²) < 4.78 is 7.20. The number of anilines is 2. The first kappa shape index (κ1) is 19.6. The average molecular weight is 403 g/mol. The van der Waals surface area contributed by atoms with Gasteiger partial charge in [0.05, 0.1) is 36.7 Å². The SMILES string of the molecule is COc1c(Nc2cc(Cl)ncc2C(=O)N(C)OC)cccc1-c1ncn(C)n1. The summed E-state index contributed by atoms with van der Waals surface area (Å²) in [4.78, 5) is 25.8. The number of aryl methyl sites for hydroxylation is 1. The smallest absolute Gasteiger partial charge is 0.280 e. The largest absolute Gasteiger partial charge is 0.494 e. The third-order valence-electron chi connectivity index (χ3n) is 3.99. The number of pyridine rings is 1. The molecule has 10 heteroatoms. The lowest BCUT2D eigenvalue weighted by molar-refractivity contribution is -0.0756. The molecule has 2 heterocycles. The maximum Gasteiger partial charge on any atom is 0.280 e. The zero-order valence-corrected chi connectivity index (χ0v) is 16.6. The predicted molar refractivity (Wildman–Crippen MR) is 105 cm³/mol. The molecule has 1 amide bonds. The van der Waals surface area contributed by atoms with Crippen LogP contribution in [0.5, 0.6) is 5.75 Å². The first-order valence-electron chi connectivity index (χ1n) is 8.22. The standard InChI is InChI=1S/C18H19ClN6O3/c1-24-10-21-17(23-24)11-6-5-7-13(16(11)27-3)22-14-8-15(19)20-9-12(14)18(26)25(2)28-4/h5-10H,1-4H3,(H,20,22). The molecule has 0 bridgehead atoms. The normalized spacial score (nSPS) is 10.6. The van der Waals surface area contributed by atoms with E-state index in [1.165, 1.54) is 20.4 Å². The number of rotatable bonds is 6. The van der Waals surface area contributed by atoms with Gasteiger partial charge in [-0.15, -0.1) is 0 Å². The molecule has 9 nitrogen and oxygen atoms in total. The summed E-state index contributed by atoms with van der Waals surface area (Å²) in [6, 6.07) is 7.06. The van der Waals surface area contributed by atoms with E-state index in [0.717, 1.165) is 5.06 Å². The Labute approximate surface area is 166 Å². The Morgan fingerprint density at radius 2 is 2.04 bits per heavy atom. The number of ether oxygens (including phenoxy) is 1. The molecule has 146 valence electrons. The van der Waals surface area contributed by atoms with Crippen LogP contribution in [0.25, 0.3) is 11.4 Å². The van der Waals surface area contributed by atoms with Gasteiger partial charge in [-0.05, 0) is 18.2 Å².